The van der Waals surface area contributed by atoms with Crippen molar-refractivity contribution in [3.8, 4) is 22.3 Å². The van der Waals surface area contributed by atoms with Crippen molar-refractivity contribution in [1.82, 2.24) is 14.9 Å². The summed E-state index contributed by atoms with van der Waals surface area (Å²) in [5.41, 5.74) is 10.5. The smallest absolute Gasteiger partial charge is 0.256 e. The monoisotopic (exact) mass is 471 g/mol. The maximum atomic E-state index is 14.9. The van der Waals surface area contributed by atoms with Crippen LogP contribution in [0.1, 0.15) is 19.5 Å². The molecule has 2 aromatic heterocycles. The molecule has 3 heterocycles. The van der Waals surface area contributed by atoms with E-state index in [1.807, 2.05) is 49.4 Å². The molecule has 0 aliphatic carbocycles. The van der Waals surface area contributed by atoms with Crippen molar-refractivity contribution in [3.05, 3.63) is 76.6 Å². The topological polar surface area (TPSA) is 78.2 Å². The van der Waals surface area contributed by atoms with Crippen LogP contribution in [-0.2, 0) is 0 Å². The lowest BCUT2D eigenvalue weighted by molar-refractivity contribution is 0.209. The molecule has 35 heavy (non-hydrogen) atoms. The lowest BCUT2D eigenvalue weighted by atomic mass is 9.98. The minimum absolute atomic E-state index is 0.117. The summed E-state index contributed by atoms with van der Waals surface area (Å²) < 4.78 is 14.9. The quantitative estimate of drug-likeness (QED) is 0.418. The van der Waals surface area contributed by atoms with Gasteiger partial charge >= 0.3 is 0 Å². The molecule has 4 aromatic rings. The Morgan fingerprint density at radius 3 is 2.31 bits per heavy atom. The summed E-state index contributed by atoms with van der Waals surface area (Å²) in [5.74, 6) is -0.482. The Hall–Kier alpha value is -3.71. The average Bonchev–Trinajstić information content (AvgIpc) is 2.84. The molecular formula is C28H30FN5O. The third-order valence-electron chi connectivity index (χ3n) is 6.88. The van der Waals surface area contributed by atoms with Crippen LogP contribution in [0.3, 0.4) is 0 Å². The molecule has 0 radical (unpaired) electrons. The number of anilines is 2. The zero-order valence-corrected chi connectivity index (χ0v) is 20.3. The maximum Gasteiger partial charge on any atom is 0.256 e. The molecule has 180 valence electrons. The first-order valence-corrected chi connectivity index (χ1v) is 12.0. The Balaban J connectivity index is 1.46. The van der Waals surface area contributed by atoms with Gasteiger partial charge in [0.25, 0.3) is 5.56 Å². The van der Waals surface area contributed by atoms with Crippen molar-refractivity contribution in [2.45, 2.75) is 26.8 Å². The van der Waals surface area contributed by atoms with E-state index in [0.717, 1.165) is 54.1 Å². The number of nitrogen functional groups attached to an aromatic ring is 1. The molecule has 0 unspecified atom stereocenters. The molecule has 5 rings (SSSR count). The summed E-state index contributed by atoms with van der Waals surface area (Å²) in [4.78, 5) is 23.9. The van der Waals surface area contributed by atoms with Crippen LogP contribution in [0.15, 0.2) is 59.4 Å². The number of halogens is 1. The summed E-state index contributed by atoms with van der Waals surface area (Å²) >= 11 is 0. The molecule has 1 aliphatic rings. The van der Waals surface area contributed by atoms with E-state index in [-0.39, 0.29) is 11.4 Å². The van der Waals surface area contributed by atoms with Crippen molar-refractivity contribution in [1.29, 1.82) is 0 Å². The van der Waals surface area contributed by atoms with Crippen molar-refractivity contribution >= 4 is 22.3 Å². The van der Waals surface area contributed by atoms with Gasteiger partial charge in [-0.25, -0.2) is 4.98 Å². The third-order valence-corrected chi connectivity index (χ3v) is 6.88. The Morgan fingerprint density at radius 1 is 0.943 bits per heavy atom. The average molecular weight is 472 g/mol. The lowest BCUT2D eigenvalue weighted by Crippen LogP contribution is -2.48. The number of benzene rings is 2. The van der Waals surface area contributed by atoms with Gasteiger partial charge in [-0.1, -0.05) is 18.2 Å². The van der Waals surface area contributed by atoms with Gasteiger partial charge in [-0.2, -0.15) is 4.39 Å². The highest BCUT2D eigenvalue weighted by atomic mass is 19.1. The number of hydrogen-bond donors (Lipinski definition) is 2. The molecular weight excluding hydrogens is 441 g/mol. The van der Waals surface area contributed by atoms with Gasteiger partial charge in [-0.15, -0.1) is 0 Å². The first-order chi connectivity index (χ1) is 16.8. The Kier molecular flexibility index (Phi) is 6.03. The molecule has 0 saturated carbocycles. The van der Waals surface area contributed by atoms with E-state index in [1.54, 1.807) is 12.1 Å². The van der Waals surface area contributed by atoms with Crippen molar-refractivity contribution in [2.75, 3.05) is 36.8 Å². The molecule has 6 nitrogen and oxygen atoms in total. The summed E-state index contributed by atoms with van der Waals surface area (Å²) in [6, 6.07) is 17.7. The Morgan fingerprint density at radius 2 is 1.63 bits per heavy atom. The van der Waals surface area contributed by atoms with Gasteiger partial charge in [0.05, 0.1) is 0 Å². The number of aromatic amines is 1. The summed E-state index contributed by atoms with van der Waals surface area (Å²) in [6.45, 7) is 10.3. The van der Waals surface area contributed by atoms with E-state index in [1.165, 1.54) is 0 Å². The van der Waals surface area contributed by atoms with Crippen molar-refractivity contribution < 1.29 is 4.39 Å². The minimum Gasteiger partial charge on any atom is -0.383 e. The van der Waals surface area contributed by atoms with Gasteiger partial charge in [0.1, 0.15) is 5.82 Å². The number of aryl methyl sites for hydroxylation is 1. The van der Waals surface area contributed by atoms with E-state index in [0.29, 0.717) is 22.6 Å². The number of nitrogens with one attached hydrogen (secondary N) is 1. The molecule has 0 spiro atoms. The standard InChI is InChI=1S/C28H30FN5O/c1-17(2)33-10-12-34(13-11-33)22-7-4-19(5-8-22)24-16-25(27(30)32-26(24)29)20-6-9-23-21(15-20)14-18(3)31-28(23)35/h4-9,14-17H,10-13H2,1-3H3,(H2,30,32)(H,31,35). The second-order valence-electron chi connectivity index (χ2n) is 9.51. The van der Waals surface area contributed by atoms with Gasteiger partial charge in [-0.3, -0.25) is 9.69 Å². The highest BCUT2D eigenvalue weighted by Crippen LogP contribution is 2.33. The zero-order valence-electron chi connectivity index (χ0n) is 20.3. The first-order valence-electron chi connectivity index (χ1n) is 12.0. The zero-order chi connectivity index (χ0) is 24.7. The van der Waals surface area contributed by atoms with Gasteiger partial charge < -0.3 is 15.6 Å². The highest BCUT2D eigenvalue weighted by Gasteiger charge is 2.19. The molecule has 2 aromatic carbocycles. The Labute approximate surface area is 204 Å². The predicted octanol–water partition coefficient (Wildman–Crippen LogP) is 4.82. The second kappa shape index (κ2) is 9.15. The maximum absolute atomic E-state index is 14.9. The van der Waals surface area contributed by atoms with Crippen LogP contribution in [0.4, 0.5) is 15.9 Å². The molecule has 7 heteroatoms. The summed E-state index contributed by atoms with van der Waals surface area (Å²) in [5, 5.41) is 1.40. The third kappa shape index (κ3) is 4.51. The molecule has 1 aliphatic heterocycles. The van der Waals surface area contributed by atoms with Crippen LogP contribution in [0.2, 0.25) is 0 Å². The van der Waals surface area contributed by atoms with Crippen LogP contribution in [0.25, 0.3) is 33.0 Å². The highest BCUT2D eigenvalue weighted by molar-refractivity contribution is 5.89. The molecule has 3 N–H and O–H groups in total. The van der Waals surface area contributed by atoms with E-state index >= 15 is 0 Å². The van der Waals surface area contributed by atoms with E-state index in [2.05, 4.69) is 33.6 Å². The minimum atomic E-state index is -0.599. The predicted molar refractivity (Wildman–Crippen MR) is 141 cm³/mol. The van der Waals surface area contributed by atoms with E-state index < -0.39 is 5.95 Å². The molecule has 0 bridgehead atoms. The number of nitrogens with two attached hydrogens (primary N) is 1. The molecule has 1 saturated heterocycles. The SMILES string of the molecule is Cc1cc2cc(-c3cc(-c4ccc(N5CCN(C(C)C)CC5)cc4)c(F)nc3N)ccc2c(=O)[nH]1. The number of fused-ring (bicyclic) bond motifs is 1. The number of piperazine rings is 1. The van der Waals surface area contributed by atoms with Crippen LogP contribution in [0, 0.1) is 12.9 Å². The second-order valence-corrected chi connectivity index (χ2v) is 9.51. The largest absolute Gasteiger partial charge is 0.383 e. The van der Waals surface area contributed by atoms with Crippen LogP contribution >= 0.6 is 0 Å². The van der Waals surface area contributed by atoms with Gasteiger partial charge in [0.15, 0.2) is 0 Å². The normalized spacial score (nSPS) is 14.7. The number of nitrogens with zero attached hydrogens (tertiary/aromatic N) is 3. The molecule has 1 fully saturated rings. The van der Waals surface area contributed by atoms with E-state index in [9.17, 15) is 9.18 Å². The number of aromatic nitrogens is 2. The van der Waals surface area contributed by atoms with E-state index in [4.69, 9.17) is 5.73 Å². The number of rotatable bonds is 4. The fourth-order valence-corrected chi connectivity index (χ4v) is 4.86. The fourth-order valence-electron chi connectivity index (χ4n) is 4.86. The first kappa shape index (κ1) is 23.1. The van der Waals surface area contributed by atoms with Crippen LogP contribution < -0.4 is 16.2 Å². The Bertz CT molecular complexity index is 1440. The van der Waals surface area contributed by atoms with Crippen molar-refractivity contribution in [3.63, 3.8) is 0 Å². The fraction of sp³-hybridized carbons (Fsp3) is 0.286. The van der Waals surface area contributed by atoms with Gasteiger partial charge in [-0.05, 0) is 73.7 Å². The number of hydrogen-bond acceptors (Lipinski definition) is 5. The molecule has 0 atom stereocenters. The van der Waals surface area contributed by atoms with Gasteiger partial charge in [0, 0.05) is 60.1 Å². The van der Waals surface area contributed by atoms with Crippen LogP contribution in [-0.4, -0.2) is 47.1 Å². The number of H-pyrrole nitrogens is 1. The molecule has 0 amide bonds. The summed E-state index contributed by atoms with van der Waals surface area (Å²) in [6.07, 6.45) is 0. The lowest BCUT2D eigenvalue weighted by Gasteiger charge is -2.38. The van der Waals surface area contributed by atoms with Crippen molar-refractivity contribution in [2.24, 2.45) is 0 Å². The van der Waals surface area contributed by atoms with Crippen LogP contribution in [0.5, 0.6) is 0 Å². The number of pyridine rings is 2. The van der Waals surface area contributed by atoms with Gasteiger partial charge in [0.2, 0.25) is 5.95 Å². The summed E-state index contributed by atoms with van der Waals surface area (Å²) in [7, 11) is 0.